The Morgan fingerprint density at radius 3 is 2.14 bits per heavy atom. The predicted octanol–water partition coefficient (Wildman–Crippen LogP) is 7.75. The molecular formula is C42H36N10O3S3. The molecule has 13 nitrogen and oxygen atoms in total. The second-order valence-corrected chi connectivity index (χ2v) is 16.7. The van der Waals surface area contributed by atoms with Crippen molar-refractivity contribution in [3.63, 3.8) is 0 Å². The van der Waals surface area contributed by atoms with Gasteiger partial charge in [-0.3, -0.25) is 19.6 Å². The summed E-state index contributed by atoms with van der Waals surface area (Å²) in [6.07, 6.45) is 8.56. The maximum atomic E-state index is 13.6. The molecule has 58 heavy (non-hydrogen) atoms. The second kappa shape index (κ2) is 15.7. The van der Waals surface area contributed by atoms with Crippen molar-refractivity contribution in [2.45, 2.75) is 6.04 Å². The second-order valence-electron chi connectivity index (χ2n) is 14.0. The molecule has 8 heterocycles. The molecule has 16 heteroatoms. The maximum Gasteiger partial charge on any atom is 0.275 e. The van der Waals surface area contributed by atoms with Crippen molar-refractivity contribution >= 4 is 89.6 Å². The van der Waals surface area contributed by atoms with E-state index >= 15 is 0 Å². The predicted molar refractivity (Wildman–Crippen MR) is 233 cm³/mol. The zero-order valence-electron chi connectivity index (χ0n) is 31.0. The van der Waals surface area contributed by atoms with Crippen LogP contribution in [0.2, 0.25) is 0 Å². The summed E-state index contributed by atoms with van der Waals surface area (Å²) in [5.41, 5.74) is 7.43. The number of thiazole rings is 2. The van der Waals surface area contributed by atoms with E-state index in [1.807, 2.05) is 30.3 Å². The summed E-state index contributed by atoms with van der Waals surface area (Å²) < 4.78 is 7.27. The number of nitrogens with zero attached hydrogens (tertiary/aromatic N) is 6. The molecule has 0 radical (unpaired) electrons. The van der Waals surface area contributed by atoms with E-state index in [-0.39, 0.29) is 17.9 Å². The Labute approximate surface area is 344 Å². The first-order chi connectivity index (χ1) is 28.5. The summed E-state index contributed by atoms with van der Waals surface area (Å²) in [4.78, 5) is 49.7. The van der Waals surface area contributed by atoms with Crippen LogP contribution in [0, 0.1) is 0 Å². The number of fused-ring (bicyclic) bond motifs is 2. The minimum Gasteiger partial charge on any atom is -0.464 e. The Bertz CT molecular complexity index is 2790. The number of thiophene rings is 1. The number of pyridine rings is 2. The molecule has 0 saturated carbocycles. The molecule has 0 aliphatic carbocycles. The van der Waals surface area contributed by atoms with Crippen molar-refractivity contribution in [3.05, 3.63) is 119 Å². The molecule has 2 amide bonds. The van der Waals surface area contributed by atoms with Gasteiger partial charge in [0, 0.05) is 95.7 Å². The summed E-state index contributed by atoms with van der Waals surface area (Å²) in [5, 5.41) is 22.5. The van der Waals surface area contributed by atoms with E-state index in [1.165, 1.54) is 27.4 Å². The SMILES string of the molecule is O=C(Nc1cnccc1N1CCNCC1)c1csc(-c2cc(C3CN(c4ccncc4NC(=O)c4csc(-c5ccc6sccc6c5)n4)CCN3)c3occc3c2)n1. The molecule has 0 bridgehead atoms. The zero-order chi connectivity index (χ0) is 39.0. The van der Waals surface area contributed by atoms with Gasteiger partial charge in [-0.1, -0.05) is 6.07 Å². The Hall–Kier alpha value is -6.04. The molecular weight excluding hydrogens is 789 g/mol. The van der Waals surface area contributed by atoms with Crippen molar-refractivity contribution in [1.82, 2.24) is 30.6 Å². The monoisotopic (exact) mass is 824 g/mol. The highest BCUT2D eigenvalue weighted by Gasteiger charge is 2.27. The van der Waals surface area contributed by atoms with Crippen molar-refractivity contribution in [2.75, 3.05) is 66.2 Å². The average Bonchev–Trinajstić information content (AvgIpc) is 4.11. The Balaban J connectivity index is 0.866. The van der Waals surface area contributed by atoms with Crippen molar-refractivity contribution < 1.29 is 14.0 Å². The van der Waals surface area contributed by atoms with Crippen LogP contribution >= 0.6 is 34.0 Å². The van der Waals surface area contributed by atoms with E-state index in [0.29, 0.717) is 42.4 Å². The number of nitrogens with one attached hydrogen (secondary N) is 4. The topological polar surface area (TPSA) is 153 Å². The van der Waals surface area contributed by atoms with Crippen LogP contribution in [0.5, 0.6) is 0 Å². The molecule has 8 aromatic rings. The highest BCUT2D eigenvalue weighted by Crippen LogP contribution is 2.37. The number of hydrogen-bond acceptors (Lipinski definition) is 14. The molecule has 4 N–H and O–H groups in total. The van der Waals surface area contributed by atoms with E-state index in [1.54, 1.807) is 53.1 Å². The number of hydrogen-bond donors (Lipinski definition) is 4. The zero-order valence-corrected chi connectivity index (χ0v) is 33.4. The fraction of sp³-hybridized carbons (Fsp3) is 0.190. The lowest BCUT2D eigenvalue weighted by Crippen LogP contribution is -2.46. The highest BCUT2D eigenvalue weighted by molar-refractivity contribution is 7.17. The number of rotatable bonds is 9. The van der Waals surface area contributed by atoms with Crippen LogP contribution in [-0.2, 0) is 0 Å². The van der Waals surface area contributed by atoms with Gasteiger partial charge in [0.15, 0.2) is 0 Å². The van der Waals surface area contributed by atoms with E-state index < -0.39 is 0 Å². The minimum atomic E-state index is -0.290. The lowest BCUT2D eigenvalue weighted by Gasteiger charge is -2.36. The Kier molecular flexibility index (Phi) is 9.84. The molecule has 1 unspecified atom stereocenters. The first kappa shape index (κ1) is 36.3. The van der Waals surface area contributed by atoms with Crippen LogP contribution in [0.1, 0.15) is 32.6 Å². The number of anilines is 4. The van der Waals surface area contributed by atoms with Crippen molar-refractivity contribution in [2.24, 2.45) is 0 Å². The molecule has 2 saturated heterocycles. The Morgan fingerprint density at radius 2 is 1.40 bits per heavy atom. The van der Waals surface area contributed by atoms with Gasteiger partial charge in [-0.15, -0.1) is 34.0 Å². The largest absolute Gasteiger partial charge is 0.464 e. The molecule has 10 rings (SSSR count). The fourth-order valence-electron chi connectivity index (χ4n) is 7.59. The number of piperazine rings is 2. The summed E-state index contributed by atoms with van der Waals surface area (Å²) >= 11 is 4.58. The summed E-state index contributed by atoms with van der Waals surface area (Å²) in [6, 6.07) is 18.2. The number of benzene rings is 2. The summed E-state index contributed by atoms with van der Waals surface area (Å²) in [6.45, 7) is 5.48. The summed E-state index contributed by atoms with van der Waals surface area (Å²) in [5.74, 6) is -0.575. The van der Waals surface area contributed by atoms with Crippen molar-refractivity contribution in [3.8, 4) is 21.1 Å². The molecule has 2 aliphatic rings. The third-order valence-electron chi connectivity index (χ3n) is 10.4. The van der Waals surface area contributed by atoms with Crippen LogP contribution in [0.15, 0.2) is 106 Å². The molecule has 0 spiro atoms. The maximum absolute atomic E-state index is 13.6. The number of furan rings is 1. The van der Waals surface area contributed by atoms with Crippen LogP contribution in [-0.4, -0.2) is 77.6 Å². The van der Waals surface area contributed by atoms with Gasteiger partial charge in [-0.2, -0.15) is 0 Å². The molecule has 290 valence electrons. The highest BCUT2D eigenvalue weighted by atomic mass is 32.1. The van der Waals surface area contributed by atoms with Crippen LogP contribution in [0.4, 0.5) is 22.7 Å². The standard InChI is InChI=1S/C42H36N10O3S3/c53-39(33-23-57-41(49-33)27-1-2-37-25(17-27)6-16-56-37)48-31-21-45-8-4-36(31)52-14-11-46-32(22-52)29-19-28(18-26-5-15-55-38(26)29)42-50-34(24-58-42)40(54)47-30-20-44-7-3-35(30)51-12-9-43-10-13-51/h1-8,15-21,23-24,32,43,46H,9-14,22H2,(H,47,54)(H,48,53). The molecule has 2 aromatic carbocycles. The Morgan fingerprint density at radius 1 is 0.724 bits per heavy atom. The lowest BCUT2D eigenvalue weighted by molar-refractivity contribution is 0.101. The van der Waals surface area contributed by atoms with Gasteiger partial charge < -0.3 is 35.5 Å². The smallest absolute Gasteiger partial charge is 0.275 e. The average molecular weight is 825 g/mol. The van der Waals surface area contributed by atoms with Gasteiger partial charge in [0.1, 0.15) is 27.0 Å². The van der Waals surface area contributed by atoms with E-state index in [2.05, 4.69) is 70.7 Å². The minimum absolute atomic E-state index is 0.113. The van der Waals surface area contributed by atoms with Crippen LogP contribution in [0.25, 0.3) is 42.2 Å². The third-order valence-corrected chi connectivity index (χ3v) is 13.1. The summed E-state index contributed by atoms with van der Waals surface area (Å²) in [7, 11) is 0. The van der Waals surface area contributed by atoms with Gasteiger partial charge in [0.2, 0.25) is 0 Å². The van der Waals surface area contributed by atoms with E-state index in [4.69, 9.17) is 14.4 Å². The van der Waals surface area contributed by atoms with Gasteiger partial charge >= 0.3 is 0 Å². The van der Waals surface area contributed by atoms with Gasteiger partial charge in [-0.25, -0.2) is 9.97 Å². The molecule has 2 aliphatic heterocycles. The van der Waals surface area contributed by atoms with Crippen LogP contribution in [0.3, 0.4) is 0 Å². The molecule has 1 atom stereocenters. The first-order valence-corrected chi connectivity index (χ1v) is 21.5. The fourth-order valence-corrected chi connectivity index (χ4v) is 9.94. The van der Waals surface area contributed by atoms with Gasteiger partial charge in [0.05, 0.1) is 47.4 Å². The lowest BCUT2D eigenvalue weighted by atomic mass is 9.99. The third kappa shape index (κ3) is 7.20. The first-order valence-electron chi connectivity index (χ1n) is 18.9. The number of amides is 2. The van der Waals surface area contributed by atoms with E-state index in [0.717, 1.165) is 80.6 Å². The molecule has 2 fully saturated rings. The quantitative estimate of drug-likeness (QED) is 0.113. The van der Waals surface area contributed by atoms with Crippen molar-refractivity contribution in [1.29, 1.82) is 0 Å². The van der Waals surface area contributed by atoms with Gasteiger partial charge in [0.25, 0.3) is 11.8 Å². The van der Waals surface area contributed by atoms with E-state index in [9.17, 15) is 9.59 Å². The normalized spacial score (nSPS) is 15.9. The molecule has 6 aromatic heterocycles. The number of carbonyl (C=O) groups is 2. The van der Waals surface area contributed by atoms with Gasteiger partial charge in [-0.05, 0) is 59.3 Å². The number of carbonyl (C=O) groups excluding carboxylic acids is 2. The van der Waals surface area contributed by atoms with Crippen LogP contribution < -0.4 is 31.1 Å². The number of aromatic nitrogens is 4.